The Hall–Kier alpha value is -3.74. The van der Waals surface area contributed by atoms with Gasteiger partial charge in [0.2, 0.25) is 11.8 Å². The van der Waals surface area contributed by atoms with E-state index in [1.54, 1.807) is 37.8 Å². The number of hydrogen-bond acceptors (Lipinski definition) is 9. The Morgan fingerprint density at radius 2 is 1.75 bits per heavy atom. The van der Waals surface area contributed by atoms with Crippen molar-refractivity contribution in [2.75, 3.05) is 6.54 Å². The van der Waals surface area contributed by atoms with Gasteiger partial charge in [0.05, 0.1) is 41.5 Å². The number of amides is 1. The van der Waals surface area contributed by atoms with Crippen molar-refractivity contribution >= 4 is 28.9 Å². The lowest BCUT2D eigenvalue weighted by Crippen LogP contribution is -2.50. The zero-order valence-corrected chi connectivity index (χ0v) is 29.5. The average molecular weight is 659 g/mol. The monoisotopic (exact) mass is 658 g/mol. The predicted octanol–water partition coefficient (Wildman–Crippen LogP) is 6.17. The fourth-order valence-electron chi connectivity index (χ4n) is 8.13. The zero-order valence-electron chi connectivity index (χ0n) is 29.5. The molecule has 2 saturated carbocycles. The first-order valence-corrected chi connectivity index (χ1v) is 17.7. The van der Waals surface area contributed by atoms with E-state index in [0.717, 1.165) is 37.8 Å². The highest BCUT2D eigenvalue weighted by Crippen LogP contribution is 2.58. The lowest BCUT2D eigenvalue weighted by atomic mass is 9.77. The standard InChI is InChI=1S/C38H50N4O6/c1-21-31-20-42(33(21)36(45)48-38(5,6)7)35(44)26(37(2,3)4)18-32(43)46-30-17-23-16-25(23)24(30)11-9-8-10-12-28-34(47-31)41-29-15-22(19-39)13-14-27(29)40-28/h13-15,21,23-26,30-31,33H,8-12,16-18,20H2,1-7H3/t21-,23+,24-,25+,26-,30-,31+,33+/m1/s1. The van der Waals surface area contributed by atoms with E-state index in [1.807, 2.05) is 33.8 Å². The fourth-order valence-corrected chi connectivity index (χ4v) is 8.13. The summed E-state index contributed by atoms with van der Waals surface area (Å²) in [5, 5.41) is 9.51. The molecule has 1 saturated heterocycles. The third-order valence-electron chi connectivity index (χ3n) is 10.8. The van der Waals surface area contributed by atoms with Gasteiger partial charge in [0.1, 0.15) is 29.5 Å². The highest BCUT2D eigenvalue weighted by molar-refractivity contribution is 5.89. The first-order valence-electron chi connectivity index (χ1n) is 17.7. The highest BCUT2D eigenvalue weighted by atomic mass is 16.6. The molecule has 8 atom stereocenters. The lowest BCUT2D eigenvalue weighted by molar-refractivity contribution is -0.167. The molecule has 258 valence electrons. The maximum atomic E-state index is 14.6. The Balaban J connectivity index is 1.39. The quantitative estimate of drug-likeness (QED) is 0.330. The summed E-state index contributed by atoms with van der Waals surface area (Å²) in [6, 6.07) is 6.50. The summed E-state index contributed by atoms with van der Waals surface area (Å²) in [6.45, 7) is 13.3. The van der Waals surface area contributed by atoms with Crippen molar-refractivity contribution in [3.05, 3.63) is 29.5 Å². The predicted molar refractivity (Wildman–Crippen MR) is 178 cm³/mol. The minimum atomic E-state index is -0.918. The van der Waals surface area contributed by atoms with Gasteiger partial charge in [0.15, 0.2) is 0 Å². The van der Waals surface area contributed by atoms with Gasteiger partial charge >= 0.3 is 11.9 Å². The summed E-state index contributed by atoms with van der Waals surface area (Å²) in [5.74, 6) is -0.329. The topological polar surface area (TPSA) is 132 Å². The number of ether oxygens (including phenoxy) is 3. The molecule has 0 unspecified atom stereocenters. The molecular weight excluding hydrogens is 608 g/mol. The molecule has 10 nitrogen and oxygen atoms in total. The number of fused-ring (bicyclic) bond motifs is 7. The third-order valence-corrected chi connectivity index (χ3v) is 10.8. The molecule has 2 aromatic rings. The number of carbonyl (C=O) groups is 3. The van der Waals surface area contributed by atoms with Gasteiger partial charge in [-0.25, -0.2) is 14.8 Å². The van der Waals surface area contributed by atoms with Crippen molar-refractivity contribution < 1.29 is 28.6 Å². The van der Waals surface area contributed by atoms with Gasteiger partial charge in [-0.2, -0.15) is 5.26 Å². The van der Waals surface area contributed by atoms with Gasteiger partial charge in [-0.15, -0.1) is 0 Å². The summed E-state index contributed by atoms with van der Waals surface area (Å²) in [5.41, 5.74) is 1.09. The Bertz CT molecular complexity index is 1620. The summed E-state index contributed by atoms with van der Waals surface area (Å²) >= 11 is 0. The number of nitrogens with zero attached hydrogens (tertiary/aromatic N) is 4. The number of carbonyl (C=O) groups excluding carboxylic acids is 3. The molecule has 0 radical (unpaired) electrons. The van der Waals surface area contributed by atoms with E-state index in [2.05, 4.69) is 6.07 Å². The minimum Gasteiger partial charge on any atom is -0.471 e. The second kappa shape index (κ2) is 12.9. The van der Waals surface area contributed by atoms with Crippen molar-refractivity contribution in [2.24, 2.45) is 35.0 Å². The molecule has 0 spiro atoms. The van der Waals surface area contributed by atoms with Gasteiger partial charge in [-0.3, -0.25) is 9.59 Å². The van der Waals surface area contributed by atoms with Crippen LogP contribution in [0.5, 0.6) is 5.88 Å². The van der Waals surface area contributed by atoms with Crippen LogP contribution < -0.4 is 4.74 Å². The molecular formula is C38H50N4O6. The van der Waals surface area contributed by atoms with Gasteiger partial charge in [-0.1, -0.05) is 40.5 Å². The van der Waals surface area contributed by atoms with Crippen molar-refractivity contribution in [3.8, 4) is 11.9 Å². The van der Waals surface area contributed by atoms with Gasteiger partial charge in [0, 0.05) is 5.92 Å². The molecule has 3 fully saturated rings. The molecule has 2 bridgehead atoms. The van der Waals surface area contributed by atoms with Crippen LogP contribution in [-0.2, 0) is 30.3 Å². The second-order valence-electron chi connectivity index (χ2n) is 16.6. The Morgan fingerprint density at radius 1 is 0.979 bits per heavy atom. The smallest absolute Gasteiger partial charge is 0.329 e. The van der Waals surface area contributed by atoms with Crippen molar-refractivity contribution in [3.63, 3.8) is 0 Å². The SMILES string of the molecule is C[C@@H]1[C@@H]2CN(C(=O)[C@H](C(C)(C)C)CC(=O)O[C@@H]3C[C@@H]4C[C@@H]4[C@H]3CCCCCc3nc4ccc(C#N)cc4nc3O2)[C@@H]1C(=O)OC(C)(C)C. The molecule has 1 amide bonds. The molecule has 48 heavy (non-hydrogen) atoms. The van der Waals surface area contributed by atoms with E-state index in [1.165, 1.54) is 6.42 Å². The number of aromatic nitrogens is 2. The number of aryl methyl sites for hydroxylation is 1. The number of nitriles is 1. The third kappa shape index (κ3) is 7.16. The van der Waals surface area contributed by atoms with Crippen LogP contribution in [0.3, 0.4) is 0 Å². The van der Waals surface area contributed by atoms with E-state index < -0.39 is 41.0 Å². The Kier molecular flexibility index (Phi) is 9.20. The zero-order chi connectivity index (χ0) is 34.5. The lowest BCUT2D eigenvalue weighted by Gasteiger charge is -2.35. The van der Waals surface area contributed by atoms with E-state index in [-0.39, 0.29) is 30.9 Å². The summed E-state index contributed by atoms with van der Waals surface area (Å²) in [6.07, 6.45) is 5.94. The molecule has 2 aliphatic heterocycles. The fraction of sp³-hybridized carbons (Fsp3) is 0.684. The first-order chi connectivity index (χ1) is 22.6. The number of rotatable bonds is 1. The molecule has 1 aromatic carbocycles. The normalized spacial score (nSPS) is 31.3. The Labute approximate surface area is 283 Å². The van der Waals surface area contributed by atoms with Crippen LogP contribution in [0.2, 0.25) is 0 Å². The maximum Gasteiger partial charge on any atom is 0.329 e. The largest absolute Gasteiger partial charge is 0.471 e. The summed E-state index contributed by atoms with van der Waals surface area (Å²) in [4.78, 5) is 53.3. The van der Waals surface area contributed by atoms with E-state index >= 15 is 0 Å². The van der Waals surface area contributed by atoms with Crippen LogP contribution in [0, 0.1) is 46.3 Å². The minimum absolute atomic E-state index is 0.0557. The molecule has 2 aliphatic carbocycles. The first kappa shape index (κ1) is 34.1. The number of hydrogen-bond donors (Lipinski definition) is 0. The van der Waals surface area contributed by atoms with Crippen molar-refractivity contribution in [1.29, 1.82) is 5.26 Å². The molecule has 10 heteroatoms. The van der Waals surface area contributed by atoms with Gasteiger partial charge < -0.3 is 19.1 Å². The van der Waals surface area contributed by atoms with Gasteiger partial charge in [0.25, 0.3) is 0 Å². The summed E-state index contributed by atoms with van der Waals surface area (Å²) in [7, 11) is 0. The van der Waals surface area contributed by atoms with Crippen molar-refractivity contribution in [1.82, 2.24) is 14.9 Å². The van der Waals surface area contributed by atoms with E-state index in [0.29, 0.717) is 46.7 Å². The second-order valence-corrected chi connectivity index (χ2v) is 16.6. The van der Waals surface area contributed by atoms with Crippen LogP contribution in [-0.4, -0.2) is 63.1 Å². The molecule has 3 heterocycles. The maximum absolute atomic E-state index is 14.6. The highest BCUT2D eigenvalue weighted by Gasteiger charge is 2.55. The molecule has 0 N–H and O–H groups in total. The van der Waals surface area contributed by atoms with E-state index in [4.69, 9.17) is 24.2 Å². The molecule has 4 aliphatic rings. The van der Waals surface area contributed by atoms with Crippen LogP contribution in [0.25, 0.3) is 11.0 Å². The van der Waals surface area contributed by atoms with Gasteiger partial charge in [-0.05, 0) is 94.2 Å². The van der Waals surface area contributed by atoms with Crippen LogP contribution in [0.15, 0.2) is 18.2 Å². The van der Waals surface area contributed by atoms with Crippen LogP contribution >= 0.6 is 0 Å². The molecule has 1 aromatic heterocycles. The average Bonchev–Trinajstić information content (AvgIpc) is 3.57. The van der Waals surface area contributed by atoms with Crippen LogP contribution in [0.1, 0.15) is 105 Å². The van der Waals surface area contributed by atoms with E-state index in [9.17, 15) is 19.6 Å². The summed E-state index contributed by atoms with van der Waals surface area (Å²) < 4.78 is 18.7. The van der Waals surface area contributed by atoms with Crippen LogP contribution in [0.4, 0.5) is 0 Å². The molecule has 6 rings (SSSR count). The number of benzene rings is 1. The Morgan fingerprint density at radius 3 is 2.46 bits per heavy atom. The van der Waals surface area contributed by atoms with Crippen molar-refractivity contribution in [2.45, 2.75) is 124 Å². The number of esters is 2.